The summed E-state index contributed by atoms with van der Waals surface area (Å²) < 4.78 is 13.3. The van der Waals surface area contributed by atoms with Crippen molar-refractivity contribution in [1.82, 2.24) is 5.32 Å². The molecular weight excluding hydrogens is 308 g/mol. The number of amides is 1. The number of carbonyl (C=O) groups is 2. The van der Waals surface area contributed by atoms with Crippen LogP contribution in [0.1, 0.15) is 30.6 Å². The van der Waals surface area contributed by atoms with Crippen LogP contribution >= 0.6 is 23.2 Å². The van der Waals surface area contributed by atoms with Gasteiger partial charge in [-0.1, -0.05) is 37.0 Å². The number of hydrogen-bond donors (Lipinski definition) is 2. The molecule has 2 N–H and O–H groups in total. The van der Waals surface area contributed by atoms with Crippen LogP contribution in [0, 0.1) is 11.7 Å². The quantitative estimate of drug-likeness (QED) is 0.817. The molecule has 7 heteroatoms. The molecule has 4 nitrogen and oxygen atoms in total. The molecule has 0 spiro atoms. The molecule has 1 rings (SSSR count). The van der Waals surface area contributed by atoms with Crippen molar-refractivity contribution < 1.29 is 19.1 Å². The third-order valence-corrected chi connectivity index (χ3v) is 3.17. The van der Waals surface area contributed by atoms with E-state index in [0.29, 0.717) is 0 Å². The van der Waals surface area contributed by atoms with E-state index < -0.39 is 23.7 Å². The molecule has 110 valence electrons. The zero-order chi connectivity index (χ0) is 15.4. The van der Waals surface area contributed by atoms with E-state index in [0.717, 1.165) is 12.1 Å². The van der Waals surface area contributed by atoms with E-state index in [1.807, 2.05) is 13.8 Å². The lowest BCUT2D eigenvalue weighted by atomic mass is 10.0. The van der Waals surface area contributed by atoms with E-state index in [4.69, 9.17) is 28.3 Å². The van der Waals surface area contributed by atoms with Crippen LogP contribution in [0.15, 0.2) is 12.1 Å². The summed E-state index contributed by atoms with van der Waals surface area (Å²) in [6.07, 6.45) is 0.259. The van der Waals surface area contributed by atoms with Crippen LogP contribution < -0.4 is 5.32 Å². The van der Waals surface area contributed by atoms with Gasteiger partial charge in [-0.25, -0.2) is 9.18 Å². The number of rotatable bonds is 5. The van der Waals surface area contributed by atoms with E-state index in [1.165, 1.54) is 0 Å². The van der Waals surface area contributed by atoms with E-state index in [1.54, 1.807) is 0 Å². The highest BCUT2D eigenvalue weighted by atomic mass is 35.5. The molecular formula is C13H14Cl2FNO3. The molecule has 1 aromatic rings. The second-order valence-corrected chi connectivity index (χ2v) is 5.55. The summed E-state index contributed by atoms with van der Waals surface area (Å²) in [7, 11) is 0. The molecule has 0 saturated carbocycles. The Kier molecular flexibility index (Phi) is 5.77. The Bertz CT molecular complexity index is 535. The van der Waals surface area contributed by atoms with E-state index in [9.17, 15) is 14.0 Å². The summed E-state index contributed by atoms with van der Waals surface area (Å²) in [4.78, 5) is 23.0. The van der Waals surface area contributed by atoms with Crippen LogP contribution in [-0.2, 0) is 4.79 Å². The van der Waals surface area contributed by atoms with Gasteiger partial charge in [-0.2, -0.15) is 0 Å². The molecule has 0 aliphatic heterocycles. The molecule has 0 heterocycles. The average molecular weight is 322 g/mol. The highest BCUT2D eigenvalue weighted by Gasteiger charge is 2.23. The van der Waals surface area contributed by atoms with Gasteiger partial charge in [0, 0.05) is 0 Å². The van der Waals surface area contributed by atoms with Crippen LogP contribution in [0.3, 0.4) is 0 Å². The van der Waals surface area contributed by atoms with Crippen molar-refractivity contribution in [3.63, 3.8) is 0 Å². The van der Waals surface area contributed by atoms with Gasteiger partial charge in [0.15, 0.2) is 0 Å². The molecule has 0 aromatic heterocycles. The highest BCUT2D eigenvalue weighted by Crippen LogP contribution is 2.24. The van der Waals surface area contributed by atoms with Crippen molar-refractivity contribution in [2.75, 3.05) is 0 Å². The Hall–Kier alpha value is -1.33. The molecule has 0 aliphatic rings. The average Bonchev–Trinajstić information content (AvgIpc) is 2.32. The van der Waals surface area contributed by atoms with Gasteiger partial charge in [-0.15, -0.1) is 0 Å². The minimum absolute atomic E-state index is 0.0393. The van der Waals surface area contributed by atoms with Gasteiger partial charge in [0.25, 0.3) is 5.91 Å². The van der Waals surface area contributed by atoms with Gasteiger partial charge in [-0.3, -0.25) is 4.79 Å². The second kappa shape index (κ2) is 6.90. The first kappa shape index (κ1) is 16.7. The first-order chi connectivity index (χ1) is 9.22. The summed E-state index contributed by atoms with van der Waals surface area (Å²) in [5.41, 5.74) is -0.149. The van der Waals surface area contributed by atoms with Gasteiger partial charge in [-0.05, 0) is 24.5 Å². The number of benzene rings is 1. The molecule has 0 unspecified atom stereocenters. The van der Waals surface area contributed by atoms with Gasteiger partial charge < -0.3 is 10.4 Å². The Morgan fingerprint density at radius 3 is 2.40 bits per heavy atom. The predicted molar refractivity (Wildman–Crippen MR) is 74.8 cm³/mol. The fraction of sp³-hybridized carbons (Fsp3) is 0.385. The normalized spacial score (nSPS) is 12.3. The lowest BCUT2D eigenvalue weighted by molar-refractivity contribution is -0.139. The van der Waals surface area contributed by atoms with Crippen molar-refractivity contribution >= 4 is 35.1 Å². The summed E-state index contributed by atoms with van der Waals surface area (Å²) in [6.45, 7) is 3.66. The molecule has 0 saturated heterocycles. The Morgan fingerprint density at radius 1 is 1.30 bits per heavy atom. The number of halogens is 3. The third-order valence-electron chi connectivity index (χ3n) is 2.57. The molecule has 1 atom stereocenters. The van der Waals surface area contributed by atoms with Crippen LogP contribution in [0.2, 0.25) is 10.0 Å². The first-order valence-electron chi connectivity index (χ1n) is 5.90. The van der Waals surface area contributed by atoms with Crippen molar-refractivity contribution in [1.29, 1.82) is 0 Å². The molecule has 0 bridgehead atoms. The SMILES string of the molecule is CC(C)C[C@H](NC(=O)c1cc(F)c(Cl)cc1Cl)C(=O)O. The maximum atomic E-state index is 13.3. The van der Waals surface area contributed by atoms with Gasteiger partial charge >= 0.3 is 5.97 Å². The van der Waals surface area contributed by atoms with Crippen molar-refractivity contribution in [3.05, 3.63) is 33.6 Å². The fourth-order valence-electron chi connectivity index (χ4n) is 1.63. The smallest absolute Gasteiger partial charge is 0.326 e. The Labute approximate surface area is 125 Å². The number of carboxylic acid groups (broad SMARTS) is 1. The fourth-order valence-corrected chi connectivity index (χ4v) is 2.09. The standard InChI is InChI=1S/C13H14Cl2FNO3/c1-6(2)3-11(13(19)20)17-12(18)7-4-10(16)9(15)5-8(7)14/h4-6,11H,3H2,1-2H3,(H,17,18)(H,19,20)/t11-/m0/s1. The van der Waals surface area contributed by atoms with E-state index in [-0.39, 0.29) is 27.9 Å². The zero-order valence-corrected chi connectivity index (χ0v) is 12.4. The van der Waals surface area contributed by atoms with Crippen molar-refractivity contribution in [2.24, 2.45) is 5.92 Å². The number of aliphatic carboxylic acids is 1. The molecule has 1 amide bonds. The molecule has 20 heavy (non-hydrogen) atoms. The van der Waals surface area contributed by atoms with Crippen LogP contribution in [0.4, 0.5) is 4.39 Å². The maximum absolute atomic E-state index is 13.3. The Balaban J connectivity index is 2.95. The predicted octanol–water partition coefficient (Wildman–Crippen LogP) is 3.36. The number of carbonyl (C=O) groups excluding carboxylic acids is 1. The highest BCUT2D eigenvalue weighted by molar-refractivity contribution is 6.36. The van der Waals surface area contributed by atoms with Crippen LogP contribution in [-0.4, -0.2) is 23.0 Å². The van der Waals surface area contributed by atoms with Crippen molar-refractivity contribution in [2.45, 2.75) is 26.3 Å². The third kappa shape index (κ3) is 4.35. The lowest BCUT2D eigenvalue weighted by Crippen LogP contribution is -2.41. The summed E-state index contributed by atoms with van der Waals surface area (Å²) in [5.74, 6) is -2.62. The molecule has 0 fully saturated rings. The molecule has 0 radical (unpaired) electrons. The maximum Gasteiger partial charge on any atom is 0.326 e. The number of nitrogens with one attached hydrogen (secondary N) is 1. The number of hydrogen-bond acceptors (Lipinski definition) is 2. The Morgan fingerprint density at radius 2 is 1.90 bits per heavy atom. The summed E-state index contributed by atoms with van der Waals surface area (Å²) >= 11 is 11.3. The van der Waals surface area contributed by atoms with Gasteiger partial charge in [0.2, 0.25) is 0 Å². The number of carboxylic acids is 1. The van der Waals surface area contributed by atoms with E-state index >= 15 is 0 Å². The molecule has 0 aliphatic carbocycles. The topological polar surface area (TPSA) is 66.4 Å². The van der Waals surface area contributed by atoms with Crippen LogP contribution in [0.25, 0.3) is 0 Å². The summed E-state index contributed by atoms with van der Waals surface area (Å²) in [6, 6.07) is 0.928. The van der Waals surface area contributed by atoms with Crippen molar-refractivity contribution in [3.8, 4) is 0 Å². The minimum Gasteiger partial charge on any atom is -0.480 e. The largest absolute Gasteiger partial charge is 0.480 e. The summed E-state index contributed by atoms with van der Waals surface area (Å²) in [5, 5.41) is 11.1. The molecule has 1 aromatic carbocycles. The lowest BCUT2D eigenvalue weighted by Gasteiger charge is -2.17. The zero-order valence-electron chi connectivity index (χ0n) is 10.9. The van der Waals surface area contributed by atoms with Crippen LogP contribution in [0.5, 0.6) is 0 Å². The second-order valence-electron chi connectivity index (χ2n) is 4.74. The van der Waals surface area contributed by atoms with Gasteiger partial charge in [0.1, 0.15) is 11.9 Å². The van der Waals surface area contributed by atoms with Gasteiger partial charge in [0.05, 0.1) is 15.6 Å². The monoisotopic (exact) mass is 321 g/mol. The van der Waals surface area contributed by atoms with E-state index in [2.05, 4.69) is 5.32 Å². The first-order valence-corrected chi connectivity index (χ1v) is 6.66. The minimum atomic E-state index is -1.15.